The van der Waals surface area contributed by atoms with Crippen LogP contribution < -0.4 is 0 Å². The fourth-order valence-corrected chi connectivity index (χ4v) is 4.03. The summed E-state index contributed by atoms with van der Waals surface area (Å²) in [7, 11) is 0. The molecule has 0 saturated carbocycles. The molecule has 0 bridgehead atoms. The molecular weight excluding hydrogens is 392 g/mol. The molecule has 0 aromatic heterocycles. The lowest BCUT2D eigenvalue weighted by molar-refractivity contribution is -0.149. The Morgan fingerprint density at radius 2 is 1.09 bits per heavy atom. The first-order valence-corrected chi connectivity index (χ1v) is 14.2. The van der Waals surface area contributed by atoms with Gasteiger partial charge in [0.2, 0.25) is 0 Å². The summed E-state index contributed by atoms with van der Waals surface area (Å²) < 4.78 is 5.62. The SMILES string of the molecule is CCCCC/C=C\C/C=C\CCCCCCC(CCCC)C(=O)OCCCCCCCC. The molecule has 0 aliphatic rings. The van der Waals surface area contributed by atoms with Crippen molar-refractivity contribution in [1.82, 2.24) is 0 Å². The van der Waals surface area contributed by atoms with Gasteiger partial charge in [-0.3, -0.25) is 4.79 Å². The van der Waals surface area contributed by atoms with Gasteiger partial charge in [-0.25, -0.2) is 0 Å². The third kappa shape index (κ3) is 22.2. The molecule has 0 spiro atoms. The van der Waals surface area contributed by atoms with Crippen LogP contribution in [0.4, 0.5) is 0 Å². The summed E-state index contributed by atoms with van der Waals surface area (Å²) in [6.07, 6.45) is 33.4. The number of carbonyl (C=O) groups is 1. The van der Waals surface area contributed by atoms with Crippen molar-refractivity contribution in [3.8, 4) is 0 Å². The predicted octanol–water partition coefficient (Wildman–Crippen LogP) is 10.1. The van der Waals surface area contributed by atoms with E-state index in [9.17, 15) is 4.79 Å². The van der Waals surface area contributed by atoms with Gasteiger partial charge in [-0.05, 0) is 51.4 Å². The summed E-state index contributed by atoms with van der Waals surface area (Å²) >= 11 is 0. The lowest BCUT2D eigenvalue weighted by atomic mass is 9.95. The van der Waals surface area contributed by atoms with E-state index in [1.807, 2.05) is 0 Å². The maximum Gasteiger partial charge on any atom is 0.308 e. The Kier molecular flexibility index (Phi) is 25.3. The van der Waals surface area contributed by atoms with Crippen molar-refractivity contribution in [3.63, 3.8) is 0 Å². The summed E-state index contributed by atoms with van der Waals surface area (Å²) in [5, 5.41) is 0. The fourth-order valence-electron chi connectivity index (χ4n) is 4.03. The van der Waals surface area contributed by atoms with Gasteiger partial charge in [0.1, 0.15) is 0 Å². The molecule has 0 aromatic rings. The van der Waals surface area contributed by atoms with Crippen molar-refractivity contribution < 1.29 is 9.53 Å². The average molecular weight is 449 g/mol. The van der Waals surface area contributed by atoms with Crippen LogP contribution in [-0.2, 0) is 9.53 Å². The van der Waals surface area contributed by atoms with E-state index >= 15 is 0 Å². The molecule has 0 aliphatic carbocycles. The second-order valence-electron chi connectivity index (χ2n) is 9.44. The van der Waals surface area contributed by atoms with E-state index in [-0.39, 0.29) is 11.9 Å². The Bertz CT molecular complexity index is 438. The molecule has 0 aliphatic heterocycles. The number of esters is 1. The van der Waals surface area contributed by atoms with Crippen LogP contribution in [0, 0.1) is 5.92 Å². The molecule has 2 heteroatoms. The Balaban J connectivity index is 3.78. The number of hydrogen-bond donors (Lipinski definition) is 0. The molecule has 0 radical (unpaired) electrons. The molecule has 0 fully saturated rings. The zero-order valence-electron chi connectivity index (χ0n) is 22.1. The first-order valence-electron chi connectivity index (χ1n) is 14.2. The Labute approximate surface area is 201 Å². The quantitative estimate of drug-likeness (QED) is 0.0833. The molecule has 0 amide bonds. The minimum absolute atomic E-state index is 0.0673. The smallest absolute Gasteiger partial charge is 0.308 e. The minimum atomic E-state index is 0.0673. The van der Waals surface area contributed by atoms with Crippen molar-refractivity contribution in [2.45, 2.75) is 149 Å². The van der Waals surface area contributed by atoms with Crippen molar-refractivity contribution >= 4 is 5.97 Å². The normalized spacial score (nSPS) is 12.7. The van der Waals surface area contributed by atoms with Crippen LogP contribution in [0.2, 0.25) is 0 Å². The molecule has 0 N–H and O–H groups in total. The summed E-state index contributed by atoms with van der Waals surface area (Å²) in [6, 6.07) is 0. The van der Waals surface area contributed by atoms with Crippen molar-refractivity contribution in [3.05, 3.63) is 24.3 Å². The van der Waals surface area contributed by atoms with Gasteiger partial charge in [-0.1, -0.05) is 122 Å². The highest BCUT2D eigenvalue weighted by Gasteiger charge is 2.18. The summed E-state index contributed by atoms with van der Waals surface area (Å²) in [4.78, 5) is 12.5. The van der Waals surface area contributed by atoms with Crippen molar-refractivity contribution in [2.75, 3.05) is 6.61 Å². The zero-order valence-corrected chi connectivity index (χ0v) is 22.1. The summed E-state index contributed by atoms with van der Waals surface area (Å²) in [5.41, 5.74) is 0. The Hall–Kier alpha value is -1.05. The maximum absolute atomic E-state index is 12.5. The standard InChI is InChI=1S/C30H56O2/c1-4-7-10-12-14-15-16-17-18-19-20-21-22-24-27-29(26-9-6-3)30(31)32-28-25-23-13-11-8-5-2/h14-15,17-18,29H,4-13,16,19-28H2,1-3H3/b15-14-,18-17-. The minimum Gasteiger partial charge on any atom is -0.465 e. The van der Waals surface area contributed by atoms with Gasteiger partial charge >= 0.3 is 5.97 Å². The second kappa shape index (κ2) is 26.2. The third-order valence-electron chi connectivity index (χ3n) is 6.23. The van der Waals surface area contributed by atoms with Gasteiger partial charge in [0, 0.05) is 0 Å². The van der Waals surface area contributed by atoms with Gasteiger partial charge in [0.05, 0.1) is 12.5 Å². The molecule has 0 heterocycles. The van der Waals surface area contributed by atoms with Crippen LogP contribution in [0.3, 0.4) is 0 Å². The van der Waals surface area contributed by atoms with Crippen molar-refractivity contribution in [2.24, 2.45) is 5.92 Å². The van der Waals surface area contributed by atoms with Crippen LogP contribution in [0.1, 0.15) is 149 Å². The van der Waals surface area contributed by atoms with Crippen LogP contribution >= 0.6 is 0 Å². The number of hydrogen-bond acceptors (Lipinski definition) is 2. The fraction of sp³-hybridized carbons (Fsp3) is 0.833. The van der Waals surface area contributed by atoms with E-state index in [1.54, 1.807) is 0 Å². The number of carbonyl (C=O) groups excluding carboxylic acids is 1. The number of unbranched alkanes of at least 4 members (excludes halogenated alkanes) is 13. The number of allylic oxidation sites excluding steroid dienone is 4. The van der Waals surface area contributed by atoms with E-state index in [0.717, 1.165) is 44.9 Å². The van der Waals surface area contributed by atoms with Gasteiger partial charge in [-0.15, -0.1) is 0 Å². The molecule has 0 rings (SSSR count). The first kappa shape index (κ1) is 30.9. The predicted molar refractivity (Wildman–Crippen MR) is 142 cm³/mol. The van der Waals surface area contributed by atoms with E-state index < -0.39 is 0 Å². The largest absolute Gasteiger partial charge is 0.465 e. The summed E-state index contributed by atoms with van der Waals surface area (Å²) in [5.74, 6) is 0.191. The highest BCUT2D eigenvalue weighted by atomic mass is 16.5. The summed E-state index contributed by atoms with van der Waals surface area (Å²) in [6.45, 7) is 7.32. The monoisotopic (exact) mass is 448 g/mol. The Morgan fingerprint density at radius 3 is 1.78 bits per heavy atom. The second-order valence-corrected chi connectivity index (χ2v) is 9.44. The van der Waals surface area contributed by atoms with Crippen LogP contribution in [-0.4, -0.2) is 12.6 Å². The maximum atomic E-state index is 12.5. The molecule has 32 heavy (non-hydrogen) atoms. The highest BCUT2D eigenvalue weighted by Crippen LogP contribution is 2.20. The average Bonchev–Trinajstić information content (AvgIpc) is 2.80. The molecule has 2 nitrogen and oxygen atoms in total. The van der Waals surface area contributed by atoms with Crippen LogP contribution in [0.15, 0.2) is 24.3 Å². The van der Waals surface area contributed by atoms with Crippen molar-refractivity contribution in [1.29, 1.82) is 0 Å². The van der Waals surface area contributed by atoms with Gasteiger partial charge in [0.25, 0.3) is 0 Å². The Morgan fingerprint density at radius 1 is 0.594 bits per heavy atom. The third-order valence-corrected chi connectivity index (χ3v) is 6.23. The molecule has 188 valence electrons. The molecule has 1 unspecified atom stereocenters. The van der Waals surface area contributed by atoms with E-state index in [2.05, 4.69) is 45.1 Å². The first-order chi connectivity index (χ1) is 15.8. The van der Waals surface area contributed by atoms with Gasteiger partial charge in [-0.2, -0.15) is 0 Å². The topological polar surface area (TPSA) is 26.3 Å². The van der Waals surface area contributed by atoms with Gasteiger partial charge in [0.15, 0.2) is 0 Å². The number of ether oxygens (including phenoxy) is 1. The molecule has 0 aromatic carbocycles. The lowest BCUT2D eigenvalue weighted by Gasteiger charge is -2.16. The molecule has 1 atom stereocenters. The lowest BCUT2D eigenvalue weighted by Crippen LogP contribution is -2.18. The zero-order chi connectivity index (χ0) is 23.5. The van der Waals surface area contributed by atoms with Crippen LogP contribution in [0.25, 0.3) is 0 Å². The van der Waals surface area contributed by atoms with E-state index in [0.29, 0.717) is 6.61 Å². The van der Waals surface area contributed by atoms with E-state index in [1.165, 1.54) is 83.5 Å². The van der Waals surface area contributed by atoms with E-state index in [4.69, 9.17) is 4.74 Å². The van der Waals surface area contributed by atoms with Crippen LogP contribution in [0.5, 0.6) is 0 Å². The molecular formula is C30H56O2. The highest BCUT2D eigenvalue weighted by molar-refractivity contribution is 5.72. The molecule has 0 saturated heterocycles. The van der Waals surface area contributed by atoms with Gasteiger partial charge < -0.3 is 4.74 Å². The number of rotatable bonds is 24.